The fourth-order valence-corrected chi connectivity index (χ4v) is 3.24. The van der Waals surface area contributed by atoms with Gasteiger partial charge in [-0.1, -0.05) is 26.7 Å². The van der Waals surface area contributed by atoms with Gasteiger partial charge in [-0.3, -0.25) is 10.1 Å². The number of anilines is 1. The van der Waals surface area contributed by atoms with E-state index in [1.807, 2.05) is 12.1 Å². The van der Waals surface area contributed by atoms with Gasteiger partial charge >= 0.3 is 0 Å². The highest BCUT2D eigenvalue weighted by molar-refractivity contribution is 14.1. The summed E-state index contributed by atoms with van der Waals surface area (Å²) in [5.41, 5.74) is 0.827. The summed E-state index contributed by atoms with van der Waals surface area (Å²) in [6.45, 7) is 4.50. The van der Waals surface area contributed by atoms with Crippen molar-refractivity contribution in [2.24, 2.45) is 11.8 Å². The predicted molar refractivity (Wildman–Crippen MR) is 85.4 cm³/mol. The molecule has 0 heterocycles. The van der Waals surface area contributed by atoms with Crippen LogP contribution in [0.1, 0.15) is 33.1 Å². The third-order valence-corrected chi connectivity index (χ3v) is 4.88. The molecular formula is C14H19IN2O2. The van der Waals surface area contributed by atoms with Gasteiger partial charge in [-0.05, 0) is 53.0 Å². The largest absolute Gasteiger partial charge is 0.376 e. The monoisotopic (exact) mass is 374 g/mol. The molecule has 1 aliphatic carbocycles. The van der Waals surface area contributed by atoms with Crippen LogP contribution in [-0.2, 0) is 0 Å². The topological polar surface area (TPSA) is 55.2 Å². The molecule has 3 unspecified atom stereocenters. The molecular weight excluding hydrogens is 355 g/mol. The first-order valence-corrected chi connectivity index (χ1v) is 7.77. The molecule has 104 valence electrons. The van der Waals surface area contributed by atoms with Gasteiger partial charge in [-0.15, -0.1) is 0 Å². The number of rotatable bonds is 3. The maximum atomic E-state index is 11.1. The Balaban J connectivity index is 2.21. The van der Waals surface area contributed by atoms with Crippen molar-refractivity contribution >= 4 is 34.0 Å². The third kappa shape index (κ3) is 3.38. The molecule has 3 atom stereocenters. The highest BCUT2D eigenvalue weighted by atomic mass is 127. The third-order valence-electron chi connectivity index (χ3n) is 4.20. The van der Waals surface area contributed by atoms with E-state index in [4.69, 9.17) is 0 Å². The maximum absolute atomic E-state index is 11.1. The number of nitrogens with one attached hydrogen (secondary N) is 1. The molecule has 4 nitrogen and oxygen atoms in total. The number of nitro benzene ring substituents is 1. The molecule has 0 spiro atoms. The number of nitro groups is 1. The van der Waals surface area contributed by atoms with Crippen LogP contribution in [0, 0.1) is 25.5 Å². The summed E-state index contributed by atoms with van der Waals surface area (Å²) in [6, 6.07) is 5.70. The lowest BCUT2D eigenvalue weighted by atomic mass is 9.78. The first-order valence-electron chi connectivity index (χ1n) is 6.69. The Hall–Kier alpha value is -0.850. The van der Waals surface area contributed by atoms with Gasteiger partial charge < -0.3 is 5.32 Å². The summed E-state index contributed by atoms with van der Waals surface area (Å²) >= 11 is 2.10. The van der Waals surface area contributed by atoms with Crippen molar-refractivity contribution in [2.45, 2.75) is 39.2 Å². The minimum absolute atomic E-state index is 0.178. The van der Waals surface area contributed by atoms with Crippen LogP contribution in [0.25, 0.3) is 0 Å². The zero-order valence-electron chi connectivity index (χ0n) is 11.2. The quantitative estimate of drug-likeness (QED) is 0.484. The SMILES string of the molecule is CC1CCCC(Nc2ccc(I)cc2[N+](=O)[O-])C1C. The molecule has 1 saturated carbocycles. The summed E-state index contributed by atoms with van der Waals surface area (Å²) in [5, 5.41) is 14.5. The highest BCUT2D eigenvalue weighted by Gasteiger charge is 2.28. The standard InChI is InChI=1S/C14H19IN2O2/c1-9-4-3-5-12(10(9)2)16-13-7-6-11(15)8-14(13)17(18)19/h6-10,12,16H,3-5H2,1-2H3. The van der Waals surface area contributed by atoms with Gasteiger partial charge in [0.15, 0.2) is 0 Å². The van der Waals surface area contributed by atoms with Gasteiger partial charge in [-0.25, -0.2) is 0 Å². The molecule has 5 heteroatoms. The molecule has 1 N–H and O–H groups in total. The smallest absolute Gasteiger partial charge is 0.293 e. The normalized spacial score (nSPS) is 27.0. The zero-order chi connectivity index (χ0) is 14.0. The van der Waals surface area contributed by atoms with Gasteiger partial charge in [0.05, 0.1) is 4.92 Å². The number of hydrogen-bond acceptors (Lipinski definition) is 3. The molecule has 1 aromatic carbocycles. The molecule has 0 aromatic heterocycles. The van der Waals surface area contributed by atoms with Crippen LogP contribution < -0.4 is 5.32 Å². The van der Waals surface area contributed by atoms with Crippen LogP contribution in [0.3, 0.4) is 0 Å². The van der Waals surface area contributed by atoms with Crippen molar-refractivity contribution in [2.75, 3.05) is 5.32 Å². The van der Waals surface area contributed by atoms with Crippen LogP contribution in [0.15, 0.2) is 18.2 Å². The lowest BCUT2D eigenvalue weighted by molar-refractivity contribution is -0.384. The van der Waals surface area contributed by atoms with Crippen molar-refractivity contribution in [3.8, 4) is 0 Å². The molecule has 19 heavy (non-hydrogen) atoms. The van der Waals surface area contributed by atoms with Gasteiger partial charge in [0.25, 0.3) is 5.69 Å². The zero-order valence-corrected chi connectivity index (χ0v) is 13.4. The van der Waals surface area contributed by atoms with Crippen LogP contribution in [-0.4, -0.2) is 11.0 Å². The number of benzene rings is 1. The lowest BCUT2D eigenvalue weighted by Crippen LogP contribution is -2.35. The number of hydrogen-bond donors (Lipinski definition) is 1. The Morgan fingerprint density at radius 3 is 2.79 bits per heavy atom. The van der Waals surface area contributed by atoms with Gasteiger partial charge in [0, 0.05) is 15.7 Å². The summed E-state index contributed by atoms with van der Waals surface area (Å²) in [6.07, 6.45) is 3.55. The summed E-state index contributed by atoms with van der Waals surface area (Å²) < 4.78 is 0.889. The maximum Gasteiger partial charge on any atom is 0.293 e. The van der Waals surface area contributed by atoms with Gasteiger partial charge in [0.2, 0.25) is 0 Å². The van der Waals surface area contributed by atoms with E-state index in [1.165, 1.54) is 12.8 Å². The van der Waals surface area contributed by atoms with E-state index in [0.717, 1.165) is 9.99 Å². The Morgan fingerprint density at radius 1 is 1.37 bits per heavy atom. The lowest BCUT2D eigenvalue weighted by Gasteiger charge is -2.35. The molecule has 1 aromatic rings. The molecule has 1 fully saturated rings. The molecule has 0 amide bonds. The summed E-state index contributed by atoms with van der Waals surface area (Å²) in [7, 11) is 0. The van der Waals surface area contributed by atoms with Gasteiger partial charge in [-0.2, -0.15) is 0 Å². The second-order valence-electron chi connectivity index (χ2n) is 5.44. The van der Waals surface area contributed by atoms with E-state index >= 15 is 0 Å². The van der Waals surface area contributed by atoms with E-state index < -0.39 is 0 Å². The van der Waals surface area contributed by atoms with Crippen molar-refractivity contribution < 1.29 is 4.92 Å². The van der Waals surface area contributed by atoms with E-state index in [0.29, 0.717) is 23.6 Å². The first kappa shape index (κ1) is 14.6. The average molecular weight is 374 g/mol. The number of halogens is 1. The molecule has 0 radical (unpaired) electrons. The Morgan fingerprint density at radius 2 is 2.11 bits per heavy atom. The summed E-state index contributed by atoms with van der Waals surface area (Å²) in [4.78, 5) is 10.8. The van der Waals surface area contributed by atoms with Crippen molar-refractivity contribution in [1.29, 1.82) is 0 Å². The second-order valence-corrected chi connectivity index (χ2v) is 6.68. The first-order chi connectivity index (χ1) is 8.99. The average Bonchev–Trinajstić information content (AvgIpc) is 2.36. The van der Waals surface area contributed by atoms with E-state index in [-0.39, 0.29) is 10.6 Å². The van der Waals surface area contributed by atoms with Crippen molar-refractivity contribution in [1.82, 2.24) is 0 Å². The fraction of sp³-hybridized carbons (Fsp3) is 0.571. The predicted octanol–water partition coefficient (Wildman–Crippen LogP) is 4.44. The fourth-order valence-electron chi connectivity index (χ4n) is 2.76. The van der Waals surface area contributed by atoms with E-state index in [2.05, 4.69) is 41.8 Å². The molecule has 0 bridgehead atoms. The molecule has 0 aliphatic heterocycles. The molecule has 0 saturated heterocycles. The van der Waals surface area contributed by atoms with Crippen molar-refractivity contribution in [3.63, 3.8) is 0 Å². The van der Waals surface area contributed by atoms with Crippen LogP contribution >= 0.6 is 22.6 Å². The minimum Gasteiger partial charge on any atom is -0.376 e. The molecule has 2 rings (SSSR count). The van der Waals surface area contributed by atoms with Crippen LogP contribution in [0.2, 0.25) is 0 Å². The molecule has 1 aliphatic rings. The van der Waals surface area contributed by atoms with Crippen LogP contribution in [0.5, 0.6) is 0 Å². The highest BCUT2D eigenvalue weighted by Crippen LogP contribution is 2.34. The minimum atomic E-state index is -0.304. The van der Waals surface area contributed by atoms with E-state index in [9.17, 15) is 10.1 Å². The number of nitrogens with zero attached hydrogens (tertiary/aromatic N) is 1. The Kier molecular flexibility index (Phi) is 4.65. The Bertz CT molecular complexity index is 479. The summed E-state index contributed by atoms with van der Waals surface area (Å²) in [5.74, 6) is 1.22. The van der Waals surface area contributed by atoms with E-state index in [1.54, 1.807) is 6.07 Å². The second kappa shape index (κ2) is 6.07. The van der Waals surface area contributed by atoms with Crippen LogP contribution in [0.4, 0.5) is 11.4 Å². The van der Waals surface area contributed by atoms with Crippen molar-refractivity contribution in [3.05, 3.63) is 31.9 Å². The van der Waals surface area contributed by atoms with Gasteiger partial charge in [0.1, 0.15) is 5.69 Å². The Labute approximate surface area is 127 Å².